The maximum absolute atomic E-state index is 13.0. The largest absolute Gasteiger partial charge is 0.467 e. The minimum absolute atomic E-state index is 0.205. The minimum Gasteiger partial charge on any atom is -0.467 e. The molecule has 0 saturated carbocycles. The summed E-state index contributed by atoms with van der Waals surface area (Å²) in [4.78, 5) is 30.8. The molecule has 0 bridgehead atoms. The summed E-state index contributed by atoms with van der Waals surface area (Å²) in [5.41, 5.74) is 5.09. The number of carbonyl (C=O) groups is 2. The van der Waals surface area contributed by atoms with Crippen LogP contribution in [0.5, 0.6) is 0 Å². The van der Waals surface area contributed by atoms with Gasteiger partial charge in [0, 0.05) is 23.0 Å². The van der Waals surface area contributed by atoms with Crippen molar-refractivity contribution in [2.75, 3.05) is 13.0 Å². The number of nitrogens with one attached hydrogen (secondary N) is 1. The number of halogens is 1. The van der Waals surface area contributed by atoms with Gasteiger partial charge in [0.15, 0.2) is 0 Å². The van der Waals surface area contributed by atoms with Crippen molar-refractivity contribution in [2.24, 2.45) is 0 Å². The van der Waals surface area contributed by atoms with Crippen LogP contribution in [0.25, 0.3) is 10.9 Å². The van der Waals surface area contributed by atoms with Crippen molar-refractivity contribution in [2.45, 2.75) is 38.3 Å². The fourth-order valence-electron chi connectivity index (χ4n) is 4.40. The average Bonchev–Trinajstić information content (AvgIpc) is 3.15. The molecule has 4 rings (SSSR count). The summed E-state index contributed by atoms with van der Waals surface area (Å²) in [7, 11) is 1.35. The molecule has 6 heteroatoms. The molecule has 2 atom stereocenters. The Morgan fingerprint density at radius 3 is 2.50 bits per heavy atom. The van der Waals surface area contributed by atoms with Crippen molar-refractivity contribution in [3.63, 3.8) is 0 Å². The SMILES string of the molecule is COC(=O)[C@@H]1Cc2c([nH]c3ccccc23)[C@@H](c2ccc(C(C)C)cc2)N1C(=O)CCl. The molecule has 156 valence electrons. The van der Waals surface area contributed by atoms with Crippen LogP contribution >= 0.6 is 11.6 Å². The van der Waals surface area contributed by atoms with Crippen LogP contribution in [0.15, 0.2) is 48.5 Å². The van der Waals surface area contributed by atoms with Gasteiger partial charge in [0.05, 0.1) is 13.2 Å². The zero-order valence-corrected chi connectivity index (χ0v) is 18.1. The minimum atomic E-state index is -0.734. The van der Waals surface area contributed by atoms with Crippen molar-refractivity contribution in [3.05, 3.63) is 70.9 Å². The highest BCUT2D eigenvalue weighted by molar-refractivity contribution is 6.27. The number of alkyl halides is 1. The molecular formula is C24H25ClN2O3. The Morgan fingerprint density at radius 2 is 1.87 bits per heavy atom. The van der Waals surface area contributed by atoms with E-state index in [1.165, 1.54) is 12.7 Å². The summed E-state index contributed by atoms with van der Waals surface area (Å²) in [5, 5.41) is 1.06. The van der Waals surface area contributed by atoms with Gasteiger partial charge in [-0.15, -0.1) is 11.6 Å². The molecule has 5 nitrogen and oxygen atoms in total. The number of benzene rings is 2. The summed E-state index contributed by atoms with van der Waals surface area (Å²) in [6.07, 6.45) is 0.384. The number of rotatable bonds is 4. The van der Waals surface area contributed by atoms with E-state index in [0.717, 1.165) is 27.7 Å². The van der Waals surface area contributed by atoms with Crippen LogP contribution in [0.3, 0.4) is 0 Å². The maximum Gasteiger partial charge on any atom is 0.328 e. The zero-order valence-electron chi connectivity index (χ0n) is 17.3. The first-order valence-corrected chi connectivity index (χ1v) is 10.6. The lowest BCUT2D eigenvalue weighted by atomic mass is 9.87. The molecule has 2 heterocycles. The standard InChI is InChI=1S/C24H25ClN2O3/c1-14(2)15-8-10-16(11-9-15)23-22-18(17-6-4-5-7-19(17)26-22)12-20(24(29)30-3)27(23)21(28)13-25/h4-11,14,20,23,26H,12-13H2,1-3H3/t20-,23+/m0/s1. The molecule has 0 spiro atoms. The smallest absolute Gasteiger partial charge is 0.328 e. The molecule has 1 aromatic heterocycles. The third-order valence-electron chi connectivity index (χ3n) is 5.93. The molecule has 2 aromatic carbocycles. The molecule has 3 aromatic rings. The monoisotopic (exact) mass is 424 g/mol. The van der Waals surface area contributed by atoms with Gasteiger partial charge < -0.3 is 14.6 Å². The lowest BCUT2D eigenvalue weighted by Gasteiger charge is -2.40. The third kappa shape index (κ3) is 3.37. The second-order valence-corrected chi connectivity index (χ2v) is 8.23. The van der Waals surface area contributed by atoms with E-state index >= 15 is 0 Å². The fourth-order valence-corrected chi connectivity index (χ4v) is 4.53. The number of H-pyrrole nitrogens is 1. The fraction of sp³-hybridized carbons (Fsp3) is 0.333. The van der Waals surface area contributed by atoms with Crippen molar-refractivity contribution < 1.29 is 14.3 Å². The molecule has 1 N–H and O–H groups in total. The highest BCUT2D eigenvalue weighted by atomic mass is 35.5. The number of ether oxygens (including phenoxy) is 1. The number of amides is 1. The summed E-state index contributed by atoms with van der Waals surface area (Å²) in [6.45, 7) is 4.28. The lowest BCUT2D eigenvalue weighted by Crippen LogP contribution is -2.52. The lowest BCUT2D eigenvalue weighted by molar-refractivity contribution is -0.154. The summed E-state index contributed by atoms with van der Waals surface area (Å²) < 4.78 is 5.07. The van der Waals surface area contributed by atoms with Gasteiger partial charge in [0.2, 0.25) is 5.91 Å². The quantitative estimate of drug-likeness (QED) is 0.493. The highest BCUT2D eigenvalue weighted by Crippen LogP contribution is 2.41. The molecule has 1 amide bonds. The number of methoxy groups -OCH3 is 1. The molecule has 0 fully saturated rings. The topological polar surface area (TPSA) is 62.4 Å². The number of aromatic nitrogens is 1. The zero-order chi connectivity index (χ0) is 21.4. The normalized spacial score (nSPS) is 18.5. The van der Waals surface area contributed by atoms with Gasteiger partial charge in [-0.25, -0.2) is 4.79 Å². The van der Waals surface area contributed by atoms with Gasteiger partial charge in [0.1, 0.15) is 11.9 Å². The van der Waals surface area contributed by atoms with E-state index in [1.807, 2.05) is 36.4 Å². The number of fused-ring (bicyclic) bond motifs is 3. The van der Waals surface area contributed by atoms with Crippen LogP contribution in [0, 0.1) is 0 Å². The van der Waals surface area contributed by atoms with Gasteiger partial charge in [-0.2, -0.15) is 0 Å². The van der Waals surface area contributed by atoms with Crippen LogP contribution in [0.4, 0.5) is 0 Å². The molecule has 0 saturated heterocycles. The maximum atomic E-state index is 13.0. The van der Waals surface area contributed by atoms with E-state index < -0.39 is 18.1 Å². The van der Waals surface area contributed by atoms with Crippen molar-refractivity contribution in [3.8, 4) is 0 Å². The first kappa shape index (κ1) is 20.5. The predicted molar refractivity (Wildman–Crippen MR) is 118 cm³/mol. The Morgan fingerprint density at radius 1 is 1.17 bits per heavy atom. The van der Waals surface area contributed by atoms with E-state index in [1.54, 1.807) is 4.90 Å². The van der Waals surface area contributed by atoms with Crippen LogP contribution in [0.2, 0.25) is 0 Å². The van der Waals surface area contributed by atoms with Crippen molar-refractivity contribution in [1.82, 2.24) is 9.88 Å². The Labute approximate surface area is 181 Å². The number of hydrogen-bond acceptors (Lipinski definition) is 3. The van der Waals surface area contributed by atoms with Gasteiger partial charge in [-0.05, 0) is 28.7 Å². The third-order valence-corrected chi connectivity index (χ3v) is 6.15. The number of hydrogen-bond donors (Lipinski definition) is 1. The number of carbonyl (C=O) groups excluding carboxylic acids is 2. The molecule has 1 aliphatic rings. The Kier molecular flexibility index (Phi) is 5.56. The van der Waals surface area contributed by atoms with E-state index in [9.17, 15) is 9.59 Å². The number of para-hydroxylation sites is 1. The number of nitrogens with zero attached hydrogens (tertiary/aromatic N) is 1. The summed E-state index contributed by atoms with van der Waals surface area (Å²) >= 11 is 5.97. The molecule has 0 aliphatic carbocycles. The van der Waals surface area contributed by atoms with Crippen LogP contribution in [-0.4, -0.2) is 40.8 Å². The molecule has 30 heavy (non-hydrogen) atoms. The first-order valence-electron chi connectivity index (χ1n) is 10.1. The van der Waals surface area contributed by atoms with Crippen molar-refractivity contribution >= 4 is 34.4 Å². The second kappa shape index (κ2) is 8.15. The van der Waals surface area contributed by atoms with Crippen molar-refractivity contribution in [1.29, 1.82) is 0 Å². The highest BCUT2D eigenvalue weighted by Gasteiger charge is 2.43. The average molecular weight is 425 g/mol. The Balaban J connectivity index is 1.94. The summed E-state index contributed by atoms with van der Waals surface area (Å²) in [6, 6.07) is 15.0. The van der Waals surface area contributed by atoms with Gasteiger partial charge >= 0.3 is 5.97 Å². The molecule has 0 unspecified atom stereocenters. The van der Waals surface area contributed by atoms with Crippen LogP contribution in [-0.2, 0) is 20.7 Å². The number of esters is 1. The Bertz CT molecular complexity index is 1090. The van der Waals surface area contributed by atoms with E-state index in [4.69, 9.17) is 16.3 Å². The van der Waals surface area contributed by atoms with E-state index in [0.29, 0.717) is 12.3 Å². The Hall–Kier alpha value is -2.79. The van der Waals surface area contributed by atoms with Gasteiger partial charge in [-0.3, -0.25) is 4.79 Å². The van der Waals surface area contributed by atoms with Crippen LogP contribution < -0.4 is 0 Å². The van der Waals surface area contributed by atoms with Crippen LogP contribution in [0.1, 0.15) is 48.2 Å². The second-order valence-electron chi connectivity index (χ2n) is 7.96. The van der Waals surface area contributed by atoms with E-state index in [-0.39, 0.29) is 11.8 Å². The van der Waals surface area contributed by atoms with Gasteiger partial charge in [-0.1, -0.05) is 56.3 Å². The van der Waals surface area contributed by atoms with Gasteiger partial charge in [0.25, 0.3) is 0 Å². The first-order chi connectivity index (χ1) is 14.5. The van der Waals surface area contributed by atoms with E-state index in [2.05, 4.69) is 31.0 Å². The molecule has 1 aliphatic heterocycles. The number of aromatic amines is 1. The summed E-state index contributed by atoms with van der Waals surface area (Å²) in [5.74, 6) is -0.538. The molecule has 0 radical (unpaired) electrons. The predicted octanol–water partition coefficient (Wildman–Crippen LogP) is 4.55. The molecular weight excluding hydrogens is 400 g/mol.